The zero-order valence-corrected chi connectivity index (χ0v) is 17.5. The first-order valence-electron chi connectivity index (χ1n) is 10.0. The van der Waals surface area contributed by atoms with Crippen LogP contribution in [0.1, 0.15) is 54.8 Å². The molecule has 8 heteroatoms. The third-order valence-corrected chi connectivity index (χ3v) is 6.73. The molecule has 1 aliphatic rings. The third kappa shape index (κ3) is 5.68. The predicted molar refractivity (Wildman–Crippen MR) is 109 cm³/mol. The van der Waals surface area contributed by atoms with Gasteiger partial charge in [0, 0.05) is 26.2 Å². The molecule has 0 spiro atoms. The Kier molecular flexibility index (Phi) is 7.46. The maximum Gasteiger partial charge on any atom is 0.287 e. The van der Waals surface area contributed by atoms with Gasteiger partial charge in [-0.15, -0.1) is 0 Å². The van der Waals surface area contributed by atoms with Crippen molar-refractivity contribution in [1.29, 1.82) is 0 Å². The molecule has 1 amide bonds. The number of furan rings is 1. The van der Waals surface area contributed by atoms with Crippen molar-refractivity contribution in [3.63, 3.8) is 0 Å². The summed E-state index contributed by atoms with van der Waals surface area (Å²) < 4.78 is 37.7. The minimum absolute atomic E-state index is 0.000781. The molecule has 7 nitrogen and oxygen atoms in total. The Morgan fingerprint density at radius 2 is 1.86 bits per heavy atom. The first kappa shape index (κ1) is 21.5. The van der Waals surface area contributed by atoms with Crippen LogP contribution in [0, 0.1) is 0 Å². The van der Waals surface area contributed by atoms with Crippen molar-refractivity contribution in [2.45, 2.75) is 43.8 Å². The lowest BCUT2D eigenvalue weighted by molar-refractivity contribution is 0.0633. The van der Waals surface area contributed by atoms with Crippen molar-refractivity contribution in [2.75, 3.05) is 26.2 Å². The largest absolute Gasteiger partial charge is 0.438 e. The predicted octanol–water partition coefficient (Wildman–Crippen LogP) is 3.35. The summed E-state index contributed by atoms with van der Waals surface area (Å²) in [6, 6.07) is 12.7. The number of carbonyl (C=O) groups is 1. The van der Waals surface area contributed by atoms with E-state index in [-0.39, 0.29) is 17.0 Å². The lowest BCUT2D eigenvalue weighted by Crippen LogP contribution is -2.35. The van der Waals surface area contributed by atoms with E-state index in [1.54, 1.807) is 0 Å². The molecular weight excluding hydrogens is 392 g/mol. The van der Waals surface area contributed by atoms with Crippen LogP contribution in [0.5, 0.6) is 0 Å². The Hall–Kier alpha value is -2.16. The Morgan fingerprint density at radius 1 is 1.14 bits per heavy atom. The van der Waals surface area contributed by atoms with Gasteiger partial charge in [-0.05, 0) is 43.9 Å². The molecule has 0 saturated carbocycles. The van der Waals surface area contributed by atoms with Crippen LogP contribution in [0.4, 0.5) is 0 Å². The average Bonchev–Trinajstić information content (AvgIpc) is 3.26. The van der Waals surface area contributed by atoms with Crippen LogP contribution in [0.25, 0.3) is 0 Å². The third-order valence-electron chi connectivity index (χ3n) is 4.96. The Labute approximate surface area is 172 Å². The van der Waals surface area contributed by atoms with Crippen LogP contribution < -0.4 is 5.32 Å². The molecule has 2 heterocycles. The van der Waals surface area contributed by atoms with E-state index in [0.29, 0.717) is 32.7 Å². The molecule has 1 aromatic heterocycles. The van der Waals surface area contributed by atoms with E-state index in [0.717, 1.165) is 24.8 Å². The molecule has 2 aromatic rings. The minimum atomic E-state index is -3.67. The first-order valence-corrected chi connectivity index (χ1v) is 11.5. The second kappa shape index (κ2) is 10.0. The fourth-order valence-electron chi connectivity index (χ4n) is 3.25. The van der Waals surface area contributed by atoms with E-state index >= 15 is 0 Å². The summed E-state index contributed by atoms with van der Waals surface area (Å²) >= 11 is 0. The second-order valence-electron chi connectivity index (χ2n) is 7.12. The highest BCUT2D eigenvalue weighted by Crippen LogP contribution is 2.22. The van der Waals surface area contributed by atoms with Crippen LogP contribution >= 0.6 is 0 Å². The molecule has 1 aromatic carbocycles. The number of nitrogens with one attached hydrogen (secondary N) is 1. The van der Waals surface area contributed by atoms with E-state index in [9.17, 15) is 13.2 Å². The summed E-state index contributed by atoms with van der Waals surface area (Å²) in [5.74, 6) is -0.430. The second-order valence-corrected chi connectivity index (χ2v) is 8.99. The number of piperidine rings is 1. The summed E-state index contributed by atoms with van der Waals surface area (Å²) in [4.78, 5) is 12.2. The molecule has 1 saturated heterocycles. The van der Waals surface area contributed by atoms with Crippen molar-refractivity contribution in [3.05, 3.63) is 53.8 Å². The van der Waals surface area contributed by atoms with Crippen LogP contribution in [0.3, 0.4) is 0 Å². The lowest BCUT2D eigenvalue weighted by Gasteiger charge is -2.24. The molecule has 0 bridgehead atoms. The number of rotatable bonds is 9. The number of amides is 1. The van der Waals surface area contributed by atoms with Crippen LogP contribution in [-0.2, 0) is 14.8 Å². The zero-order valence-electron chi connectivity index (χ0n) is 16.7. The summed E-state index contributed by atoms with van der Waals surface area (Å²) in [5.41, 5.74) is 1.11. The number of sulfonamides is 1. The quantitative estimate of drug-likeness (QED) is 0.629. The van der Waals surface area contributed by atoms with Crippen molar-refractivity contribution in [2.24, 2.45) is 0 Å². The Balaban J connectivity index is 1.43. The summed E-state index contributed by atoms with van der Waals surface area (Å²) in [7, 11) is -3.67. The van der Waals surface area contributed by atoms with Gasteiger partial charge in [-0.25, -0.2) is 8.42 Å². The summed E-state index contributed by atoms with van der Waals surface area (Å²) in [5, 5.41) is 2.56. The standard InChI is InChI=1S/C21H28N2O5S/c1-17(18-9-4-2-5-10-18)27-16-8-13-22-21(24)19-11-12-20(28-19)29(25,26)23-14-6-3-7-15-23/h2,4-5,9-12,17H,3,6-8,13-16H2,1H3,(H,22,24). The maximum absolute atomic E-state index is 12.6. The van der Waals surface area contributed by atoms with Crippen LogP contribution in [-0.4, -0.2) is 44.9 Å². The highest BCUT2D eigenvalue weighted by molar-refractivity contribution is 7.89. The number of hydrogen-bond acceptors (Lipinski definition) is 5. The fourth-order valence-corrected chi connectivity index (χ4v) is 4.68. The smallest absolute Gasteiger partial charge is 0.287 e. The monoisotopic (exact) mass is 420 g/mol. The number of ether oxygens (including phenoxy) is 1. The molecule has 29 heavy (non-hydrogen) atoms. The van der Waals surface area contributed by atoms with E-state index in [1.165, 1.54) is 16.4 Å². The van der Waals surface area contributed by atoms with E-state index in [4.69, 9.17) is 9.15 Å². The molecule has 0 aliphatic carbocycles. The van der Waals surface area contributed by atoms with Gasteiger partial charge >= 0.3 is 0 Å². The molecule has 1 fully saturated rings. The SMILES string of the molecule is CC(OCCCNC(=O)c1ccc(S(=O)(=O)N2CCCCC2)o1)c1ccccc1. The molecule has 1 aliphatic heterocycles. The van der Waals surface area contributed by atoms with Gasteiger partial charge in [0.2, 0.25) is 5.09 Å². The molecule has 1 N–H and O–H groups in total. The van der Waals surface area contributed by atoms with Crippen LogP contribution in [0.2, 0.25) is 0 Å². The van der Waals surface area contributed by atoms with E-state index in [2.05, 4.69) is 5.32 Å². The first-order chi connectivity index (χ1) is 14.0. The Bertz CT molecular complexity index is 889. The highest BCUT2D eigenvalue weighted by atomic mass is 32.2. The van der Waals surface area contributed by atoms with Gasteiger partial charge in [0.1, 0.15) is 0 Å². The Morgan fingerprint density at radius 3 is 2.59 bits per heavy atom. The zero-order chi connectivity index (χ0) is 20.7. The summed E-state index contributed by atoms with van der Waals surface area (Å²) in [6.45, 7) is 3.89. The topological polar surface area (TPSA) is 88.8 Å². The van der Waals surface area contributed by atoms with Gasteiger partial charge in [0.25, 0.3) is 15.9 Å². The van der Waals surface area contributed by atoms with Gasteiger partial charge < -0.3 is 14.5 Å². The molecule has 0 radical (unpaired) electrons. The number of hydrogen-bond donors (Lipinski definition) is 1. The van der Waals surface area contributed by atoms with Crippen LogP contribution in [0.15, 0.2) is 52.0 Å². The van der Waals surface area contributed by atoms with E-state index in [1.807, 2.05) is 37.3 Å². The number of benzene rings is 1. The van der Waals surface area contributed by atoms with Gasteiger partial charge in [0.15, 0.2) is 5.76 Å². The molecular formula is C21H28N2O5S. The maximum atomic E-state index is 12.6. The van der Waals surface area contributed by atoms with E-state index < -0.39 is 15.9 Å². The summed E-state index contributed by atoms with van der Waals surface area (Å²) in [6.07, 6.45) is 3.35. The molecule has 1 atom stereocenters. The normalized spacial score (nSPS) is 16.4. The van der Waals surface area contributed by atoms with Gasteiger partial charge in [-0.1, -0.05) is 36.8 Å². The van der Waals surface area contributed by atoms with Gasteiger partial charge in [-0.3, -0.25) is 4.79 Å². The number of nitrogens with zero attached hydrogens (tertiary/aromatic N) is 1. The van der Waals surface area contributed by atoms with Gasteiger partial charge in [-0.2, -0.15) is 4.31 Å². The van der Waals surface area contributed by atoms with Crippen molar-refractivity contribution >= 4 is 15.9 Å². The number of carbonyl (C=O) groups excluding carboxylic acids is 1. The molecule has 1 unspecified atom stereocenters. The van der Waals surface area contributed by atoms with Crippen molar-refractivity contribution < 1.29 is 22.4 Å². The van der Waals surface area contributed by atoms with Gasteiger partial charge in [0.05, 0.1) is 6.10 Å². The average molecular weight is 421 g/mol. The minimum Gasteiger partial charge on any atom is -0.438 e. The highest BCUT2D eigenvalue weighted by Gasteiger charge is 2.29. The lowest BCUT2D eigenvalue weighted by atomic mass is 10.1. The fraction of sp³-hybridized carbons (Fsp3) is 0.476. The molecule has 158 valence electrons. The molecule has 3 rings (SSSR count). The van der Waals surface area contributed by atoms with Crippen molar-refractivity contribution in [1.82, 2.24) is 9.62 Å². The van der Waals surface area contributed by atoms with Crippen molar-refractivity contribution in [3.8, 4) is 0 Å².